The van der Waals surface area contributed by atoms with Gasteiger partial charge in [-0.1, -0.05) is 6.92 Å². The van der Waals surface area contributed by atoms with E-state index in [1.807, 2.05) is 4.90 Å². The van der Waals surface area contributed by atoms with Crippen LogP contribution in [0.25, 0.3) is 0 Å². The normalized spacial score (nSPS) is 31.6. The molecule has 1 aliphatic carbocycles. The lowest BCUT2D eigenvalue weighted by Crippen LogP contribution is -2.52. The zero-order valence-electron chi connectivity index (χ0n) is 13.3. The van der Waals surface area contributed by atoms with Crippen molar-refractivity contribution in [2.45, 2.75) is 64.5 Å². The zero-order valence-corrected chi connectivity index (χ0v) is 13.3. The van der Waals surface area contributed by atoms with Gasteiger partial charge in [0.25, 0.3) is 0 Å². The SMILES string of the molecule is CC1CCC(N)C(C(=O)NC(C)C(=O)N2CCCCC2)C1. The summed E-state index contributed by atoms with van der Waals surface area (Å²) in [6.45, 7) is 5.58. The molecule has 0 aromatic heterocycles. The van der Waals surface area contributed by atoms with Gasteiger partial charge in [-0.3, -0.25) is 9.59 Å². The summed E-state index contributed by atoms with van der Waals surface area (Å²) in [6.07, 6.45) is 6.15. The van der Waals surface area contributed by atoms with Gasteiger partial charge in [0.05, 0.1) is 5.92 Å². The Morgan fingerprint density at radius 1 is 1.19 bits per heavy atom. The highest BCUT2D eigenvalue weighted by atomic mass is 16.2. The Morgan fingerprint density at radius 3 is 2.52 bits per heavy atom. The van der Waals surface area contributed by atoms with E-state index in [4.69, 9.17) is 5.73 Å². The Balaban J connectivity index is 1.87. The van der Waals surface area contributed by atoms with Crippen LogP contribution in [0.3, 0.4) is 0 Å². The van der Waals surface area contributed by atoms with Gasteiger partial charge in [-0.2, -0.15) is 0 Å². The van der Waals surface area contributed by atoms with Crippen LogP contribution in [-0.4, -0.2) is 41.9 Å². The van der Waals surface area contributed by atoms with Gasteiger partial charge < -0.3 is 16.0 Å². The molecule has 2 fully saturated rings. The number of nitrogens with one attached hydrogen (secondary N) is 1. The van der Waals surface area contributed by atoms with Crippen LogP contribution >= 0.6 is 0 Å². The molecule has 0 aromatic carbocycles. The third-order valence-electron chi connectivity index (χ3n) is 4.90. The number of likely N-dealkylation sites (tertiary alicyclic amines) is 1. The molecule has 1 saturated heterocycles. The summed E-state index contributed by atoms with van der Waals surface area (Å²) in [5.74, 6) is 0.381. The van der Waals surface area contributed by atoms with Crippen molar-refractivity contribution in [3.05, 3.63) is 0 Å². The maximum Gasteiger partial charge on any atom is 0.244 e. The number of rotatable bonds is 3. The molecule has 0 bridgehead atoms. The lowest BCUT2D eigenvalue weighted by molar-refractivity contribution is -0.138. The lowest BCUT2D eigenvalue weighted by Gasteiger charge is -2.33. The van der Waals surface area contributed by atoms with Crippen LogP contribution in [-0.2, 0) is 9.59 Å². The van der Waals surface area contributed by atoms with Crippen LogP contribution in [0.5, 0.6) is 0 Å². The minimum Gasteiger partial charge on any atom is -0.344 e. The first kappa shape index (κ1) is 16.3. The molecule has 5 heteroatoms. The summed E-state index contributed by atoms with van der Waals surface area (Å²) in [5, 5.41) is 2.89. The van der Waals surface area contributed by atoms with E-state index in [0.29, 0.717) is 5.92 Å². The highest BCUT2D eigenvalue weighted by Gasteiger charge is 2.33. The molecule has 0 aromatic rings. The van der Waals surface area contributed by atoms with Crippen LogP contribution in [0, 0.1) is 11.8 Å². The van der Waals surface area contributed by atoms with Crippen molar-refractivity contribution in [2.75, 3.05) is 13.1 Å². The van der Waals surface area contributed by atoms with Crippen molar-refractivity contribution in [3.8, 4) is 0 Å². The third kappa shape index (κ3) is 4.19. The number of nitrogens with two attached hydrogens (primary N) is 1. The fourth-order valence-electron chi connectivity index (χ4n) is 3.48. The molecule has 1 saturated carbocycles. The predicted molar refractivity (Wildman–Crippen MR) is 82.5 cm³/mol. The first-order valence-corrected chi connectivity index (χ1v) is 8.33. The van der Waals surface area contributed by atoms with E-state index in [1.54, 1.807) is 6.92 Å². The van der Waals surface area contributed by atoms with E-state index in [0.717, 1.165) is 45.2 Å². The van der Waals surface area contributed by atoms with Gasteiger partial charge in [-0.25, -0.2) is 0 Å². The second kappa shape index (κ2) is 7.25. The average molecular weight is 295 g/mol. The van der Waals surface area contributed by atoms with Crippen molar-refractivity contribution in [1.29, 1.82) is 0 Å². The fourth-order valence-corrected chi connectivity index (χ4v) is 3.48. The first-order valence-electron chi connectivity index (χ1n) is 8.33. The smallest absolute Gasteiger partial charge is 0.244 e. The fraction of sp³-hybridized carbons (Fsp3) is 0.875. The van der Waals surface area contributed by atoms with Gasteiger partial charge in [-0.05, 0) is 51.4 Å². The Morgan fingerprint density at radius 2 is 1.86 bits per heavy atom. The van der Waals surface area contributed by atoms with E-state index < -0.39 is 6.04 Å². The molecule has 21 heavy (non-hydrogen) atoms. The van der Waals surface area contributed by atoms with E-state index in [2.05, 4.69) is 12.2 Å². The van der Waals surface area contributed by atoms with E-state index in [1.165, 1.54) is 6.42 Å². The van der Waals surface area contributed by atoms with Gasteiger partial charge in [-0.15, -0.1) is 0 Å². The number of carbonyl (C=O) groups is 2. The number of carbonyl (C=O) groups excluding carboxylic acids is 2. The van der Waals surface area contributed by atoms with Crippen molar-refractivity contribution < 1.29 is 9.59 Å². The van der Waals surface area contributed by atoms with Gasteiger partial charge >= 0.3 is 0 Å². The molecule has 0 radical (unpaired) electrons. The quantitative estimate of drug-likeness (QED) is 0.823. The maximum absolute atomic E-state index is 12.4. The molecule has 0 spiro atoms. The zero-order chi connectivity index (χ0) is 15.4. The van der Waals surface area contributed by atoms with Gasteiger partial charge in [0.15, 0.2) is 0 Å². The molecular formula is C16H29N3O2. The number of piperidine rings is 1. The predicted octanol–water partition coefficient (Wildman–Crippen LogP) is 1.27. The number of amides is 2. The van der Waals surface area contributed by atoms with Crippen LogP contribution in [0.2, 0.25) is 0 Å². The van der Waals surface area contributed by atoms with E-state index in [-0.39, 0.29) is 23.8 Å². The first-order chi connectivity index (χ1) is 9.99. The molecule has 2 amide bonds. The standard InChI is InChI=1S/C16H29N3O2/c1-11-6-7-14(17)13(10-11)15(20)18-12(2)16(21)19-8-4-3-5-9-19/h11-14H,3-10,17H2,1-2H3,(H,18,20). The van der Waals surface area contributed by atoms with Crippen molar-refractivity contribution in [2.24, 2.45) is 17.6 Å². The Bertz CT molecular complexity index is 380. The second-order valence-corrected chi connectivity index (χ2v) is 6.80. The molecule has 5 nitrogen and oxygen atoms in total. The summed E-state index contributed by atoms with van der Waals surface area (Å²) in [5.41, 5.74) is 6.08. The third-order valence-corrected chi connectivity index (χ3v) is 4.90. The largest absolute Gasteiger partial charge is 0.344 e. The van der Waals surface area contributed by atoms with Gasteiger partial charge in [0.2, 0.25) is 11.8 Å². The molecule has 1 aliphatic heterocycles. The summed E-state index contributed by atoms with van der Waals surface area (Å²) < 4.78 is 0. The minimum absolute atomic E-state index is 0.0421. The van der Waals surface area contributed by atoms with Crippen LogP contribution in [0.15, 0.2) is 0 Å². The minimum atomic E-state index is -0.444. The topological polar surface area (TPSA) is 75.4 Å². The lowest BCUT2D eigenvalue weighted by atomic mass is 9.78. The number of hydrogen-bond acceptors (Lipinski definition) is 3. The van der Waals surface area contributed by atoms with E-state index in [9.17, 15) is 9.59 Å². The van der Waals surface area contributed by atoms with Crippen LogP contribution in [0.4, 0.5) is 0 Å². The molecule has 4 unspecified atom stereocenters. The summed E-state index contributed by atoms with van der Waals surface area (Å²) in [7, 11) is 0. The van der Waals surface area contributed by atoms with Gasteiger partial charge in [0.1, 0.15) is 6.04 Å². The van der Waals surface area contributed by atoms with Gasteiger partial charge in [0, 0.05) is 19.1 Å². The Hall–Kier alpha value is -1.10. The monoisotopic (exact) mass is 295 g/mol. The maximum atomic E-state index is 12.4. The Kier molecular flexibility index (Phi) is 5.62. The molecular weight excluding hydrogens is 266 g/mol. The highest BCUT2D eigenvalue weighted by Crippen LogP contribution is 2.28. The van der Waals surface area contributed by atoms with Crippen molar-refractivity contribution >= 4 is 11.8 Å². The molecule has 3 N–H and O–H groups in total. The number of nitrogens with zero attached hydrogens (tertiary/aromatic N) is 1. The highest BCUT2D eigenvalue weighted by molar-refractivity contribution is 5.88. The van der Waals surface area contributed by atoms with E-state index >= 15 is 0 Å². The summed E-state index contributed by atoms with van der Waals surface area (Å²) >= 11 is 0. The molecule has 120 valence electrons. The van der Waals surface area contributed by atoms with Crippen molar-refractivity contribution in [1.82, 2.24) is 10.2 Å². The average Bonchev–Trinajstić information content (AvgIpc) is 2.49. The second-order valence-electron chi connectivity index (χ2n) is 6.80. The summed E-state index contributed by atoms with van der Waals surface area (Å²) in [6, 6.07) is -0.515. The van der Waals surface area contributed by atoms with Crippen molar-refractivity contribution in [3.63, 3.8) is 0 Å². The molecule has 4 atom stereocenters. The molecule has 2 aliphatic rings. The summed E-state index contributed by atoms with van der Waals surface area (Å²) in [4.78, 5) is 26.6. The molecule has 1 heterocycles. The Labute approximate surface area is 127 Å². The molecule has 2 rings (SSSR count). The van der Waals surface area contributed by atoms with Crippen LogP contribution in [0.1, 0.15) is 52.4 Å². The number of hydrogen-bond donors (Lipinski definition) is 2. The van der Waals surface area contributed by atoms with Crippen LogP contribution < -0.4 is 11.1 Å².